The summed E-state index contributed by atoms with van der Waals surface area (Å²) in [5.41, 5.74) is 6.87. The van der Waals surface area contributed by atoms with Gasteiger partial charge in [-0.2, -0.15) is 0 Å². The highest BCUT2D eigenvalue weighted by atomic mass is 31.3. The summed E-state index contributed by atoms with van der Waals surface area (Å²) in [6, 6.07) is 53.8. The Hall–Kier alpha value is -5.07. The van der Waals surface area contributed by atoms with Crippen molar-refractivity contribution in [2.45, 2.75) is 0 Å². The lowest BCUT2D eigenvalue weighted by Crippen LogP contribution is -2.37. The lowest BCUT2D eigenvalue weighted by Gasteiger charge is -2.43. The molecule has 0 saturated heterocycles. The van der Waals surface area contributed by atoms with Crippen molar-refractivity contribution in [1.82, 2.24) is 9.21 Å². The van der Waals surface area contributed by atoms with Gasteiger partial charge in [0, 0.05) is 9.21 Å². The van der Waals surface area contributed by atoms with Gasteiger partial charge in [0.05, 0.1) is 5.69 Å². The fraction of sp³-hybridized carbons (Fsp3) is 0. The molecule has 3 atom stereocenters. The predicted octanol–water partition coefficient (Wildman–Crippen LogP) is 10.9. The Bertz CT molecular complexity index is 1980. The highest BCUT2D eigenvalue weighted by Crippen LogP contribution is 2.77. The monoisotopic (exact) mass is 708 g/mol. The molecule has 0 amide bonds. The van der Waals surface area contributed by atoms with Crippen LogP contribution in [0.2, 0.25) is 0 Å². The number of para-hydroxylation sites is 7. The molecule has 0 aromatic heterocycles. The minimum Gasteiger partial charge on any atom is -0.440 e. The Labute approximate surface area is 287 Å². The second-order valence-corrected chi connectivity index (χ2v) is 15.8. The van der Waals surface area contributed by atoms with Crippen molar-refractivity contribution in [3.05, 3.63) is 176 Å². The minimum absolute atomic E-state index is 0.346. The third kappa shape index (κ3) is 7.98. The van der Waals surface area contributed by atoms with Gasteiger partial charge in [0.1, 0.15) is 28.7 Å². The maximum atomic E-state index is 6.89. The molecule has 1 heterocycles. The molecule has 246 valence electrons. The Morgan fingerprint density at radius 1 is 0.469 bits per heavy atom. The quantitative estimate of drug-likeness (QED) is 0.0983. The van der Waals surface area contributed by atoms with Crippen LogP contribution in [0.4, 0.5) is 5.69 Å². The summed E-state index contributed by atoms with van der Waals surface area (Å²) in [5, 5.41) is 0. The molecule has 6 aromatic carbocycles. The summed E-state index contributed by atoms with van der Waals surface area (Å²) in [6.45, 7) is 0. The van der Waals surface area contributed by atoms with E-state index in [0.29, 0.717) is 40.2 Å². The van der Waals surface area contributed by atoms with E-state index in [0.717, 1.165) is 0 Å². The highest BCUT2D eigenvalue weighted by molar-refractivity contribution is 7.78. The molecule has 0 aliphatic carbocycles. The van der Waals surface area contributed by atoms with Crippen molar-refractivity contribution in [3.8, 4) is 34.5 Å². The Morgan fingerprint density at radius 2 is 0.918 bits per heavy atom. The summed E-state index contributed by atoms with van der Waals surface area (Å²) in [6.07, 6.45) is 0. The first-order valence-corrected chi connectivity index (χ1v) is 19.1. The van der Waals surface area contributed by atoms with Gasteiger partial charge < -0.3 is 33.5 Å². The van der Waals surface area contributed by atoms with Gasteiger partial charge in [0.25, 0.3) is 0 Å². The van der Waals surface area contributed by atoms with Crippen LogP contribution < -0.4 is 33.5 Å². The van der Waals surface area contributed by atoms with E-state index in [1.807, 2.05) is 164 Å². The maximum Gasteiger partial charge on any atom is 0.447 e. The van der Waals surface area contributed by atoms with Crippen LogP contribution in [-0.2, 0) is 0 Å². The molecule has 13 heteroatoms. The molecular formula is C36H31N4O6P3. The third-order valence-electron chi connectivity index (χ3n) is 6.67. The molecule has 1 aliphatic rings. The number of hydrogen-bond acceptors (Lipinski definition) is 10. The summed E-state index contributed by atoms with van der Waals surface area (Å²) in [7, 11) is -8.06. The molecule has 1 aliphatic heterocycles. The smallest absolute Gasteiger partial charge is 0.440 e. The largest absolute Gasteiger partial charge is 0.447 e. The highest BCUT2D eigenvalue weighted by Gasteiger charge is 2.58. The molecule has 0 radical (unpaired) electrons. The van der Waals surface area contributed by atoms with Crippen molar-refractivity contribution in [3.63, 3.8) is 0 Å². The van der Waals surface area contributed by atoms with Gasteiger partial charge in [0.2, 0.25) is 0 Å². The van der Waals surface area contributed by atoms with Crippen LogP contribution in [-0.4, -0.2) is 9.21 Å². The molecule has 3 unspecified atom stereocenters. The number of anilines is 1. The maximum absolute atomic E-state index is 6.89. The standard InChI is InChI=1S/C36H31N4O6P3/c37-35-28-16-17-29-36(35)46-49(45-34-26-14-5-15-27-34)38-47(43-32-22-10-3-11-23-32)39(41-30-18-6-1-7-19-30)48(44-33-24-12-4-13-25-33)40(49)42-31-20-8-2-9-21-31/h1-29H,37H2. The molecule has 0 bridgehead atoms. The van der Waals surface area contributed by atoms with E-state index in [1.54, 1.807) is 16.7 Å². The van der Waals surface area contributed by atoms with Crippen LogP contribution in [0, 0.1) is 0 Å². The Balaban J connectivity index is 1.48. The average Bonchev–Trinajstić information content (AvgIpc) is 3.14. The van der Waals surface area contributed by atoms with Gasteiger partial charge in [-0.05, 0) is 72.8 Å². The van der Waals surface area contributed by atoms with Crippen LogP contribution in [0.1, 0.15) is 0 Å². The van der Waals surface area contributed by atoms with Crippen LogP contribution in [0.25, 0.3) is 0 Å². The number of benzene rings is 6. The van der Waals surface area contributed by atoms with Crippen LogP contribution in [0.3, 0.4) is 0 Å². The second kappa shape index (κ2) is 15.4. The number of hydrogen-bond donors (Lipinski definition) is 1. The van der Waals surface area contributed by atoms with Gasteiger partial charge in [-0.1, -0.05) is 103 Å². The summed E-state index contributed by atoms with van der Waals surface area (Å²) in [5.74, 6) is 2.96. The molecule has 2 N–H and O–H groups in total. The van der Waals surface area contributed by atoms with E-state index in [9.17, 15) is 0 Å². The fourth-order valence-electron chi connectivity index (χ4n) is 4.41. The Kier molecular flexibility index (Phi) is 10.2. The van der Waals surface area contributed by atoms with E-state index < -0.39 is 24.6 Å². The lowest BCUT2D eigenvalue weighted by molar-refractivity contribution is 0.0546. The zero-order valence-electron chi connectivity index (χ0n) is 26.0. The molecule has 0 fully saturated rings. The SMILES string of the molecule is Nc1ccccc1OP1(Oc2ccccc2)=NP(Oc2ccccc2)N(Oc2ccccc2)P(Oc2ccccc2)N1Oc1ccccc1. The predicted molar refractivity (Wildman–Crippen MR) is 194 cm³/mol. The van der Waals surface area contributed by atoms with Gasteiger partial charge in [-0.25, -0.2) is 0 Å². The van der Waals surface area contributed by atoms with E-state index in [2.05, 4.69) is 0 Å². The molecule has 6 aromatic rings. The van der Waals surface area contributed by atoms with Crippen LogP contribution in [0.5, 0.6) is 34.5 Å². The first-order valence-electron chi connectivity index (χ1n) is 15.2. The van der Waals surface area contributed by atoms with Gasteiger partial charge in [0.15, 0.2) is 5.75 Å². The van der Waals surface area contributed by atoms with Gasteiger partial charge >= 0.3 is 24.6 Å². The lowest BCUT2D eigenvalue weighted by atomic mass is 10.3. The molecule has 0 saturated carbocycles. The van der Waals surface area contributed by atoms with E-state index in [-0.39, 0.29) is 0 Å². The fourth-order valence-corrected chi connectivity index (χ4v) is 11.9. The number of rotatable bonds is 12. The molecule has 10 nitrogen and oxygen atoms in total. The van der Waals surface area contributed by atoms with E-state index in [4.69, 9.17) is 38.0 Å². The topological polar surface area (TPSA) is 100 Å². The summed E-state index contributed by atoms with van der Waals surface area (Å²) >= 11 is 0. The zero-order chi connectivity index (χ0) is 33.3. The molecule has 49 heavy (non-hydrogen) atoms. The zero-order valence-corrected chi connectivity index (χ0v) is 28.6. The Morgan fingerprint density at radius 3 is 1.47 bits per heavy atom. The van der Waals surface area contributed by atoms with E-state index in [1.165, 1.54) is 4.60 Å². The van der Waals surface area contributed by atoms with Crippen molar-refractivity contribution < 1.29 is 27.8 Å². The number of nitrogens with zero attached hydrogens (tertiary/aromatic N) is 3. The van der Waals surface area contributed by atoms with Crippen molar-refractivity contribution in [2.75, 3.05) is 5.73 Å². The normalized spacial score (nSPS) is 19.2. The van der Waals surface area contributed by atoms with Crippen molar-refractivity contribution >= 4 is 30.2 Å². The first kappa shape index (κ1) is 32.5. The van der Waals surface area contributed by atoms with E-state index >= 15 is 0 Å². The van der Waals surface area contributed by atoms with Gasteiger partial charge in [-0.15, -0.1) is 4.52 Å². The van der Waals surface area contributed by atoms with Crippen molar-refractivity contribution in [1.29, 1.82) is 0 Å². The molecule has 0 spiro atoms. The summed E-state index contributed by atoms with van der Waals surface area (Å²) in [4.78, 5) is 13.4. The third-order valence-corrected chi connectivity index (χ3v) is 13.5. The second-order valence-electron chi connectivity index (χ2n) is 10.2. The van der Waals surface area contributed by atoms with Gasteiger partial charge in [-0.3, -0.25) is 0 Å². The number of nitrogen functional groups attached to an aromatic ring is 1. The minimum atomic E-state index is -3.82. The van der Waals surface area contributed by atoms with Crippen molar-refractivity contribution in [2.24, 2.45) is 4.52 Å². The summed E-state index contributed by atoms with van der Waals surface area (Å²) < 4.78 is 35.7. The number of nitrogens with two attached hydrogens (primary N) is 1. The first-order chi connectivity index (χ1) is 24.1. The molecular weight excluding hydrogens is 677 g/mol. The van der Waals surface area contributed by atoms with Crippen LogP contribution in [0.15, 0.2) is 180 Å². The molecule has 7 rings (SSSR count). The average molecular weight is 709 g/mol. The van der Waals surface area contributed by atoms with Crippen LogP contribution >= 0.6 is 24.6 Å².